The zero-order valence-corrected chi connectivity index (χ0v) is 18.8. The van der Waals surface area contributed by atoms with Gasteiger partial charge >= 0.3 is 0 Å². The summed E-state index contributed by atoms with van der Waals surface area (Å²) in [5, 5.41) is 6.52. The zero-order chi connectivity index (χ0) is 19.7. The van der Waals surface area contributed by atoms with E-state index in [0.717, 1.165) is 60.5 Å². The van der Waals surface area contributed by atoms with Gasteiger partial charge in [0, 0.05) is 24.2 Å². The third-order valence-electron chi connectivity index (χ3n) is 4.60. The van der Waals surface area contributed by atoms with Crippen LogP contribution < -0.4 is 20.1 Å². The largest absolute Gasteiger partial charge is 0.491 e. The summed E-state index contributed by atoms with van der Waals surface area (Å²) in [6.07, 6.45) is 0. The van der Waals surface area contributed by atoms with E-state index in [0.29, 0.717) is 26.4 Å². The molecule has 0 atom stereocenters. The molecular formula is C22H28Cl2N4O3. The fraction of sp³-hybridized carbons (Fsp3) is 0.364. The lowest BCUT2D eigenvalue weighted by Crippen LogP contribution is -2.19. The number of rotatable bonds is 10. The van der Waals surface area contributed by atoms with E-state index in [-0.39, 0.29) is 24.8 Å². The topological polar surface area (TPSA) is 76.5 Å². The van der Waals surface area contributed by atoms with E-state index >= 15 is 0 Å². The summed E-state index contributed by atoms with van der Waals surface area (Å²) in [5.74, 6) is 3.57. The first-order valence-electron chi connectivity index (χ1n) is 9.99. The standard InChI is InChI=1S/C22H26N4O3.2ClH/c1-5-19(6-2-17(1)21-23-9-10-24-21)28-15-13-27-14-16-29-20-7-3-18(4-8-20)22-25-11-12-26-22;;/h1-8H,9-16H2,(H,23,24)(H,25,26);2*1H. The summed E-state index contributed by atoms with van der Waals surface area (Å²) in [6, 6.07) is 15.9. The average Bonchev–Trinajstić information content (AvgIpc) is 3.48. The summed E-state index contributed by atoms with van der Waals surface area (Å²) < 4.78 is 17.0. The molecule has 7 nitrogen and oxygen atoms in total. The Morgan fingerprint density at radius 3 is 1.39 bits per heavy atom. The number of halogens is 2. The van der Waals surface area contributed by atoms with E-state index in [2.05, 4.69) is 20.6 Å². The summed E-state index contributed by atoms with van der Waals surface area (Å²) in [7, 11) is 0. The van der Waals surface area contributed by atoms with E-state index in [1.165, 1.54) is 0 Å². The van der Waals surface area contributed by atoms with Crippen LogP contribution in [0, 0.1) is 0 Å². The van der Waals surface area contributed by atoms with Crippen molar-refractivity contribution in [3.8, 4) is 11.5 Å². The molecule has 2 aromatic rings. The van der Waals surface area contributed by atoms with Crippen molar-refractivity contribution in [2.45, 2.75) is 0 Å². The van der Waals surface area contributed by atoms with Crippen molar-refractivity contribution in [3.05, 3.63) is 59.7 Å². The minimum absolute atomic E-state index is 0. The van der Waals surface area contributed by atoms with Crippen molar-refractivity contribution < 1.29 is 14.2 Å². The maximum atomic E-state index is 5.71. The summed E-state index contributed by atoms with van der Waals surface area (Å²) in [5.41, 5.74) is 2.17. The van der Waals surface area contributed by atoms with Gasteiger partial charge in [-0.25, -0.2) is 0 Å². The van der Waals surface area contributed by atoms with Crippen molar-refractivity contribution in [3.63, 3.8) is 0 Å². The Morgan fingerprint density at radius 2 is 1.03 bits per heavy atom. The third kappa shape index (κ3) is 7.31. The van der Waals surface area contributed by atoms with Gasteiger partial charge in [-0.1, -0.05) is 0 Å². The molecule has 0 amide bonds. The van der Waals surface area contributed by atoms with E-state index in [1.807, 2.05) is 48.5 Å². The van der Waals surface area contributed by atoms with Gasteiger partial charge in [0.1, 0.15) is 36.4 Å². The van der Waals surface area contributed by atoms with Crippen LogP contribution in [0.2, 0.25) is 0 Å². The first-order chi connectivity index (χ1) is 14.4. The normalized spacial score (nSPS) is 14.3. The number of benzene rings is 2. The fourth-order valence-electron chi connectivity index (χ4n) is 3.14. The molecule has 9 heteroatoms. The SMILES string of the molecule is Cl.Cl.c1cc(C2=NCCN2)ccc1OCCOCCOc1ccc(C2=NCCN2)cc1. The van der Waals surface area contributed by atoms with Gasteiger partial charge in [-0.15, -0.1) is 24.8 Å². The third-order valence-corrected chi connectivity index (χ3v) is 4.60. The van der Waals surface area contributed by atoms with Gasteiger partial charge < -0.3 is 24.8 Å². The van der Waals surface area contributed by atoms with Gasteiger partial charge in [0.25, 0.3) is 0 Å². The molecule has 2 aliphatic rings. The van der Waals surface area contributed by atoms with Crippen LogP contribution >= 0.6 is 24.8 Å². The Bertz CT molecular complexity index is 787. The number of nitrogens with zero attached hydrogens (tertiary/aromatic N) is 2. The second-order valence-electron chi connectivity index (χ2n) is 6.67. The Balaban J connectivity index is 0.00000171. The van der Waals surface area contributed by atoms with Crippen LogP contribution in [-0.2, 0) is 4.74 Å². The predicted octanol–water partition coefficient (Wildman–Crippen LogP) is 2.70. The molecule has 4 rings (SSSR count). The molecule has 2 heterocycles. The Morgan fingerprint density at radius 1 is 0.613 bits per heavy atom. The first-order valence-corrected chi connectivity index (χ1v) is 9.99. The van der Waals surface area contributed by atoms with E-state index < -0.39 is 0 Å². The van der Waals surface area contributed by atoms with Crippen molar-refractivity contribution in [2.24, 2.45) is 9.98 Å². The molecule has 0 bridgehead atoms. The quantitative estimate of drug-likeness (QED) is 0.526. The molecule has 2 N–H and O–H groups in total. The molecule has 0 unspecified atom stereocenters. The van der Waals surface area contributed by atoms with E-state index in [9.17, 15) is 0 Å². The second-order valence-corrected chi connectivity index (χ2v) is 6.67. The highest BCUT2D eigenvalue weighted by Crippen LogP contribution is 2.14. The number of hydrogen-bond donors (Lipinski definition) is 2. The van der Waals surface area contributed by atoms with Crippen LogP contribution in [0.25, 0.3) is 0 Å². The highest BCUT2D eigenvalue weighted by Gasteiger charge is 2.08. The molecule has 2 aromatic carbocycles. The summed E-state index contributed by atoms with van der Waals surface area (Å²) in [4.78, 5) is 8.82. The van der Waals surface area contributed by atoms with Crippen LogP contribution in [0.15, 0.2) is 58.5 Å². The van der Waals surface area contributed by atoms with Crippen LogP contribution in [0.3, 0.4) is 0 Å². The predicted molar refractivity (Wildman–Crippen MR) is 128 cm³/mol. The van der Waals surface area contributed by atoms with Gasteiger partial charge in [0.15, 0.2) is 0 Å². The van der Waals surface area contributed by atoms with Crippen molar-refractivity contribution in [1.29, 1.82) is 0 Å². The van der Waals surface area contributed by atoms with Gasteiger partial charge in [0.2, 0.25) is 0 Å². The highest BCUT2D eigenvalue weighted by molar-refractivity contribution is 6.00. The van der Waals surface area contributed by atoms with Crippen LogP contribution in [-0.4, -0.2) is 64.3 Å². The van der Waals surface area contributed by atoms with Crippen molar-refractivity contribution >= 4 is 36.5 Å². The molecule has 0 aromatic heterocycles. The molecule has 168 valence electrons. The number of ether oxygens (including phenoxy) is 3. The van der Waals surface area contributed by atoms with Gasteiger partial charge in [-0.05, 0) is 48.5 Å². The number of amidine groups is 2. The Hall–Kier alpha value is -2.48. The van der Waals surface area contributed by atoms with Crippen LogP contribution in [0.4, 0.5) is 0 Å². The molecule has 0 aliphatic carbocycles. The molecule has 0 saturated carbocycles. The minimum atomic E-state index is 0. The smallest absolute Gasteiger partial charge is 0.128 e. The molecule has 0 fully saturated rings. The number of nitrogens with one attached hydrogen (secondary N) is 2. The Kier molecular flexibility index (Phi) is 10.4. The number of hydrogen-bond acceptors (Lipinski definition) is 7. The maximum absolute atomic E-state index is 5.71. The fourth-order valence-corrected chi connectivity index (χ4v) is 3.14. The second kappa shape index (κ2) is 13.0. The lowest BCUT2D eigenvalue weighted by atomic mass is 10.2. The first kappa shape index (κ1) is 24.8. The van der Waals surface area contributed by atoms with Crippen LogP contribution in [0.1, 0.15) is 11.1 Å². The lowest BCUT2D eigenvalue weighted by Gasteiger charge is -2.10. The van der Waals surface area contributed by atoms with Crippen LogP contribution in [0.5, 0.6) is 11.5 Å². The van der Waals surface area contributed by atoms with Crippen molar-refractivity contribution in [1.82, 2.24) is 10.6 Å². The van der Waals surface area contributed by atoms with Gasteiger partial charge in [0.05, 0.1) is 26.3 Å². The molecule has 0 saturated heterocycles. The zero-order valence-electron chi connectivity index (χ0n) is 17.2. The maximum Gasteiger partial charge on any atom is 0.128 e. The summed E-state index contributed by atoms with van der Waals surface area (Å²) >= 11 is 0. The van der Waals surface area contributed by atoms with E-state index in [4.69, 9.17) is 14.2 Å². The van der Waals surface area contributed by atoms with Gasteiger partial charge in [-0.2, -0.15) is 0 Å². The molecule has 2 aliphatic heterocycles. The molecule has 0 radical (unpaired) electrons. The van der Waals surface area contributed by atoms with Crippen molar-refractivity contribution in [2.75, 3.05) is 52.6 Å². The van der Waals surface area contributed by atoms with Gasteiger partial charge in [-0.3, -0.25) is 9.98 Å². The monoisotopic (exact) mass is 466 g/mol. The molecular weight excluding hydrogens is 439 g/mol. The summed E-state index contributed by atoms with van der Waals surface area (Å²) in [6.45, 7) is 5.54. The lowest BCUT2D eigenvalue weighted by molar-refractivity contribution is 0.0764. The molecule has 0 spiro atoms. The Labute approximate surface area is 195 Å². The number of aliphatic imine (C=N–C) groups is 2. The minimum Gasteiger partial charge on any atom is -0.491 e. The average molecular weight is 467 g/mol. The molecule has 31 heavy (non-hydrogen) atoms. The van der Waals surface area contributed by atoms with E-state index in [1.54, 1.807) is 0 Å². The highest BCUT2D eigenvalue weighted by atomic mass is 35.5.